The molecule has 2 rings (SSSR count). The highest BCUT2D eigenvalue weighted by Gasteiger charge is 2.29. The largest absolute Gasteiger partial charge is 0.320 e. The van der Waals surface area contributed by atoms with E-state index in [1.807, 2.05) is 24.3 Å². The highest BCUT2D eigenvalue weighted by Crippen LogP contribution is 2.22. The summed E-state index contributed by atoms with van der Waals surface area (Å²) < 4.78 is 1.13. The summed E-state index contributed by atoms with van der Waals surface area (Å²) in [6.07, 6.45) is 0.754. The number of rotatable bonds is 1. The second-order valence-corrected chi connectivity index (χ2v) is 4.61. The Morgan fingerprint density at radius 2 is 2.29 bits per heavy atom. The van der Waals surface area contributed by atoms with Gasteiger partial charge in [0.25, 0.3) is 0 Å². The van der Waals surface area contributed by atoms with E-state index in [0.29, 0.717) is 0 Å². The zero-order valence-electron chi connectivity index (χ0n) is 7.61. The number of anilines is 1. The highest BCUT2D eigenvalue weighted by molar-refractivity contribution is 14.1. The molecule has 14 heavy (non-hydrogen) atoms. The number of hydrogen-bond acceptors (Lipinski definition) is 2. The molecule has 1 saturated heterocycles. The topological polar surface area (TPSA) is 46.3 Å². The standard InChI is InChI=1S/C10H11IN2O/c11-7-2-1-3-8(6-7)13-5-4-9(12)10(13)14/h1-3,6,9H,4-5,12H2. The molecule has 0 aromatic heterocycles. The number of nitrogens with zero attached hydrogens (tertiary/aromatic N) is 1. The number of benzene rings is 1. The van der Waals surface area contributed by atoms with Crippen LogP contribution in [0, 0.1) is 3.57 Å². The molecule has 1 amide bonds. The van der Waals surface area contributed by atoms with Crippen LogP contribution in [0.1, 0.15) is 6.42 Å². The van der Waals surface area contributed by atoms with Gasteiger partial charge in [-0.15, -0.1) is 0 Å². The number of amides is 1. The van der Waals surface area contributed by atoms with E-state index in [2.05, 4.69) is 22.6 Å². The molecule has 0 aliphatic carbocycles. The van der Waals surface area contributed by atoms with Crippen LogP contribution in [0.15, 0.2) is 24.3 Å². The molecule has 0 spiro atoms. The van der Waals surface area contributed by atoms with Gasteiger partial charge in [-0.05, 0) is 47.2 Å². The SMILES string of the molecule is NC1CCN(c2cccc(I)c2)C1=O. The maximum Gasteiger partial charge on any atom is 0.243 e. The van der Waals surface area contributed by atoms with Gasteiger partial charge in [0, 0.05) is 15.8 Å². The van der Waals surface area contributed by atoms with E-state index < -0.39 is 0 Å². The molecule has 3 nitrogen and oxygen atoms in total. The molecule has 0 radical (unpaired) electrons. The summed E-state index contributed by atoms with van der Waals surface area (Å²) in [6, 6.07) is 7.58. The zero-order chi connectivity index (χ0) is 10.1. The number of hydrogen-bond donors (Lipinski definition) is 1. The minimum atomic E-state index is -0.312. The Labute approximate surface area is 96.4 Å². The zero-order valence-corrected chi connectivity index (χ0v) is 9.77. The van der Waals surface area contributed by atoms with Gasteiger partial charge in [0.1, 0.15) is 0 Å². The first-order valence-electron chi connectivity index (χ1n) is 4.51. The summed E-state index contributed by atoms with van der Waals surface area (Å²) in [6.45, 7) is 0.736. The molecule has 1 heterocycles. The van der Waals surface area contributed by atoms with Crippen LogP contribution in [0.2, 0.25) is 0 Å². The average Bonchev–Trinajstić information content (AvgIpc) is 2.48. The van der Waals surface area contributed by atoms with E-state index in [1.54, 1.807) is 4.90 Å². The first kappa shape index (κ1) is 9.92. The smallest absolute Gasteiger partial charge is 0.243 e. The molecule has 1 aromatic carbocycles. The minimum absolute atomic E-state index is 0.0343. The Morgan fingerprint density at radius 1 is 1.50 bits per heavy atom. The number of halogens is 1. The fraction of sp³-hybridized carbons (Fsp3) is 0.300. The average molecular weight is 302 g/mol. The van der Waals surface area contributed by atoms with Crippen LogP contribution in [-0.2, 0) is 4.79 Å². The molecule has 2 N–H and O–H groups in total. The summed E-state index contributed by atoms with van der Waals surface area (Å²) in [5.74, 6) is 0.0343. The number of carbonyl (C=O) groups excluding carboxylic acids is 1. The molecule has 1 aliphatic heterocycles. The molecule has 1 aromatic rings. The molecule has 0 saturated carbocycles. The summed E-state index contributed by atoms with van der Waals surface area (Å²) in [7, 11) is 0. The van der Waals surface area contributed by atoms with Gasteiger partial charge in [0.15, 0.2) is 0 Å². The number of nitrogens with two attached hydrogens (primary N) is 1. The maximum atomic E-state index is 11.6. The third-order valence-electron chi connectivity index (χ3n) is 2.37. The van der Waals surface area contributed by atoms with Gasteiger partial charge < -0.3 is 10.6 Å². The second-order valence-electron chi connectivity index (χ2n) is 3.36. The fourth-order valence-corrected chi connectivity index (χ4v) is 2.13. The van der Waals surface area contributed by atoms with Crippen molar-refractivity contribution in [2.45, 2.75) is 12.5 Å². The van der Waals surface area contributed by atoms with Gasteiger partial charge in [-0.1, -0.05) is 6.07 Å². The summed E-state index contributed by atoms with van der Waals surface area (Å²) in [5, 5.41) is 0. The lowest BCUT2D eigenvalue weighted by Crippen LogP contribution is -2.33. The molecule has 4 heteroatoms. The summed E-state index contributed by atoms with van der Waals surface area (Å²) in [4.78, 5) is 13.4. The lowest BCUT2D eigenvalue weighted by molar-refractivity contribution is -0.118. The van der Waals surface area contributed by atoms with E-state index >= 15 is 0 Å². The van der Waals surface area contributed by atoms with Crippen molar-refractivity contribution in [3.8, 4) is 0 Å². The lowest BCUT2D eigenvalue weighted by atomic mass is 10.3. The van der Waals surface area contributed by atoms with E-state index in [0.717, 1.165) is 22.2 Å². The maximum absolute atomic E-state index is 11.6. The van der Waals surface area contributed by atoms with Crippen molar-refractivity contribution in [2.24, 2.45) is 5.73 Å². The molecule has 1 aliphatic rings. The Hall–Kier alpha value is -0.620. The van der Waals surface area contributed by atoms with Crippen LogP contribution >= 0.6 is 22.6 Å². The van der Waals surface area contributed by atoms with Gasteiger partial charge in [-0.25, -0.2) is 0 Å². The Morgan fingerprint density at radius 3 is 2.86 bits per heavy atom. The van der Waals surface area contributed by atoms with Crippen LogP contribution in [0.3, 0.4) is 0 Å². The van der Waals surface area contributed by atoms with Crippen molar-refractivity contribution in [3.05, 3.63) is 27.8 Å². The quantitative estimate of drug-likeness (QED) is 0.796. The minimum Gasteiger partial charge on any atom is -0.320 e. The van der Waals surface area contributed by atoms with Crippen LogP contribution in [0.5, 0.6) is 0 Å². The van der Waals surface area contributed by atoms with Gasteiger partial charge in [-0.3, -0.25) is 4.79 Å². The van der Waals surface area contributed by atoms with Gasteiger partial charge >= 0.3 is 0 Å². The Bertz CT molecular complexity index is 367. The first-order valence-corrected chi connectivity index (χ1v) is 5.59. The number of carbonyl (C=O) groups is 1. The first-order chi connectivity index (χ1) is 6.68. The second kappa shape index (κ2) is 3.86. The van der Waals surface area contributed by atoms with E-state index in [4.69, 9.17) is 5.73 Å². The van der Waals surface area contributed by atoms with Crippen molar-refractivity contribution >= 4 is 34.2 Å². The molecule has 1 atom stereocenters. The molecule has 74 valence electrons. The van der Waals surface area contributed by atoms with Crippen molar-refractivity contribution in [3.63, 3.8) is 0 Å². The van der Waals surface area contributed by atoms with Crippen LogP contribution in [-0.4, -0.2) is 18.5 Å². The van der Waals surface area contributed by atoms with Gasteiger partial charge in [0.05, 0.1) is 6.04 Å². The molecular formula is C10H11IN2O. The van der Waals surface area contributed by atoms with Gasteiger partial charge in [-0.2, -0.15) is 0 Å². The molecular weight excluding hydrogens is 291 g/mol. The van der Waals surface area contributed by atoms with Crippen molar-refractivity contribution in [1.82, 2.24) is 0 Å². The summed E-state index contributed by atoms with van der Waals surface area (Å²) >= 11 is 2.23. The normalized spacial score (nSPS) is 21.7. The van der Waals surface area contributed by atoms with Crippen LogP contribution < -0.4 is 10.6 Å². The Balaban J connectivity index is 2.28. The monoisotopic (exact) mass is 302 g/mol. The lowest BCUT2D eigenvalue weighted by Gasteiger charge is -2.16. The van der Waals surface area contributed by atoms with E-state index in [1.165, 1.54) is 0 Å². The molecule has 0 bridgehead atoms. The Kier molecular flexibility index (Phi) is 2.73. The molecule has 1 unspecified atom stereocenters. The van der Waals surface area contributed by atoms with Crippen LogP contribution in [0.4, 0.5) is 5.69 Å². The predicted molar refractivity (Wildman–Crippen MR) is 64.1 cm³/mol. The van der Waals surface area contributed by atoms with Gasteiger partial charge in [0.2, 0.25) is 5.91 Å². The molecule has 1 fully saturated rings. The van der Waals surface area contributed by atoms with Crippen LogP contribution in [0.25, 0.3) is 0 Å². The highest BCUT2D eigenvalue weighted by atomic mass is 127. The fourth-order valence-electron chi connectivity index (χ4n) is 1.60. The van der Waals surface area contributed by atoms with Crippen molar-refractivity contribution in [2.75, 3.05) is 11.4 Å². The van der Waals surface area contributed by atoms with Crippen molar-refractivity contribution in [1.29, 1.82) is 0 Å². The van der Waals surface area contributed by atoms with E-state index in [9.17, 15) is 4.79 Å². The summed E-state index contributed by atoms with van der Waals surface area (Å²) in [5.41, 5.74) is 6.60. The third-order valence-corrected chi connectivity index (χ3v) is 3.04. The predicted octanol–water partition coefficient (Wildman–Crippen LogP) is 1.36. The van der Waals surface area contributed by atoms with Crippen molar-refractivity contribution < 1.29 is 4.79 Å². The van der Waals surface area contributed by atoms with E-state index in [-0.39, 0.29) is 11.9 Å². The third kappa shape index (κ3) is 1.76.